The highest BCUT2D eigenvalue weighted by atomic mass is 16.4. The summed E-state index contributed by atoms with van der Waals surface area (Å²) < 4.78 is 0. The standard InChI is InChI=1S/C27H20O6/c28-25(29)19-7-1-16(2-8-19)22-13-23(17-3-9-20(10-4-17)26(30)31)15-24(14-22)18-5-11-21(12-6-18)27(32)33/h1-14,23H,15H2,(H,28,29)(H,30,31)(H,32,33). The average Bonchev–Trinajstić information content (AvgIpc) is 2.84. The zero-order valence-corrected chi connectivity index (χ0v) is 17.4. The highest BCUT2D eigenvalue weighted by Crippen LogP contribution is 2.39. The first-order valence-electron chi connectivity index (χ1n) is 10.2. The number of rotatable bonds is 6. The second kappa shape index (κ2) is 8.96. The van der Waals surface area contributed by atoms with Crippen LogP contribution in [0.25, 0.3) is 11.1 Å². The lowest BCUT2D eigenvalue weighted by Gasteiger charge is -2.23. The Kier molecular flexibility index (Phi) is 5.91. The summed E-state index contributed by atoms with van der Waals surface area (Å²) in [6.45, 7) is 0. The summed E-state index contributed by atoms with van der Waals surface area (Å²) in [5.74, 6) is -3.01. The van der Waals surface area contributed by atoms with Gasteiger partial charge in [-0.1, -0.05) is 48.6 Å². The van der Waals surface area contributed by atoms with Crippen molar-refractivity contribution in [3.63, 3.8) is 0 Å². The summed E-state index contributed by atoms with van der Waals surface area (Å²) in [6, 6.07) is 20.0. The normalized spacial score (nSPS) is 15.3. The number of carboxylic acid groups (broad SMARTS) is 3. The lowest BCUT2D eigenvalue weighted by Crippen LogP contribution is -2.05. The van der Waals surface area contributed by atoms with E-state index in [4.69, 9.17) is 0 Å². The number of carbonyl (C=O) groups is 3. The van der Waals surface area contributed by atoms with Crippen molar-refractivity contribution in [2.75, 3.05) is 0 Å². The molecule has 0 amide bonds. The summed E-state index contributed by atoms with van der Waals surface area (Å²) in [4.78, 5) is 33.6. The summed E-state index contributed by atoms with van der Waals surface area (Å²) in [7, 11) is 0. The van der Waals surface area contributed by atoms with Gasteiger partial charge in [0.1, 0.15) is 0 Å². The van der Waals surface area contributed by atoms with Gasteiger partial charge in [-0.25, -0.2) is 14.4 Å². The molecule has 0 heterocycles. The summed E-state index contributed by atoms with van der Waals surface area (Å²) in [5.41, 5.74) is 5.21. The van der Waals surface area contributed by atoms with E-state index in [1.807, 2.05) is 6.08 Å². The molecule has 3 N–H and O–H groups in total. The number of hydrogen-bond acceptors (Lipinski definition) is 3. The maximum atomic E-state index is 11.2. The Morgan fingerprint density at radius 2 is 1.03 bits per heavy atom. The molecule has 0 saturated heterocycles. The SMILES string of the molecule is O=C(O)c1ccc(C2=CC(c3ccc(C(=O)O)cc3)CC(c3ccc(C(=O)O)cc3)=C2)cc1. The van der Waals surface area contributed by atoms with Crippen LogP contribution in [0.3, 0.4) is 0 Å². The first-order chi connectivity index (χ1) is 15.8. The summed E-state index contributed by atoms with van der Waals surface area (Å²) >= 11 is 0. The Hall–Kier alpha value is -4.45. The molecule has 6 nitrogen and oxygen atoms in total. The van der Waals surface area contributed by atoms with Crippen molar-refractivity contribution in [1.82, 2.24) is 0 Å². The van der Waals surface area contributed by atoms with Gasteiger partial charge in [-0.05, 0) is 70.7 Å². The Balaban J connectivity index is 1.74. The lowest BCUT2D eigenvalue weighted by molar-refractivity contribution is 0.0686. The van der Waals surface area contributed by atoms with Crippen molar-refractivity contribution in [2.24, 2.45) is 0 Å². The molecule has 0 saturated carbocycles. The molecule has 0 radical (unpaired) electrons. The van der Waals surface area contributed by atoms with E-state index in [2.05, 4.69) is 6.08 Å². The second-order valence-electron chi connectivity index (χ2n) is 7.79. The predicted molar refractivity (Wildman–Crippen MR) is 124 cm³/mol. The fraction of sp³-hybridized carbons (Fsp3) is 0.0741. The first-order valence-corrected chi connectivity index (χ1v) is 10.2. The van der Waals surface area contributed by atoms with Gasteiger partial charge in [0.05, 0.1) is 16.7 Å². The van der Waals surface area contributed by atoms with Crippen LogP contribution in [0.2, 0.25) is 0 Å². The Bertz CT molecular complexity index is 1280. The Morgan fingerprint density at radius 1 is 0.606 bits per heavy atom. The molecule has 164 valence electrons. The molecule has 0 aromatic heterocycles. The van der Waals surface area contributed by atoms with Gasteiger partial charge in [0.15, 0.2) is 0 Å². The fourth-order valence-electron chi connectivity index (χ4n) is 3.91. The minimum Gasteiger partial charge on any atom is -0.478 e. The van der Waals surface area contributed by atoms with Crippen molar-refractivity contribution >= 4 is 29.1 Å². The van der Waals surface area contributed by atoms with Crippen molar-refractivity contribution in [2.45, 2.75) is 12.3 Å². The molecule has 1 atom stereocenters. The molecule has 0 bridgehead atoms. The minimum absolute atomic E-state index is 0.0406. The van der Waals surface area contributed by atoms with Gasteiger partial charge in [-0.15, -0.1) is 0 Å². The van der Waals surface area contributed by atoms with Crippen molar-refractivity contribution in [1.29, 1.82) is 0 Å². The number of carboxylic acids is 3. The predicted octanol–water partition coefficient (Wildman–Crippen LogP) is 5.44. The van der Waals surface area contributed by atoms with Crippen LogP contribution in [0.5, 0.6) is 0 Å². The van der Waals surface area contributed by atoms with Crippen LogP contribution in [-0.2, 0) is 0 Å². The maximum Gasteiger partial charge on any atom is 0.335 e. The third-order valence-electron chi connectivity index (χ3n) is 5.70. The van der Waals surface area contributed by atoms with Gasteiger partial charge in [-0.3, -0.25) is 0 Å². The van der Waals surface area contributed by atoms with Crippen LogP contribution in [0.4, 0.5) is 0 Å². The van der Waals surface area contributed by atoms with E-state index in [9.17, 15) is 29.7 Å². The highest BCUT2D eigenvalue weighted by molar-refractivity contribution is 5.92. The largest absolute Gasteiger partial charge is 0.478 e. The van der Waals surface area contributed by atoms with Gasteiger partial charge in [0.25, 0.3) is 0 Å². The van der Waals surface area contributed by atoms with E-state index in [0.717, 1.165) is 27.8 Å². The summed E-state index contributed by atoms with van der Waals surface area (Å²) in [5, 5.41) is 27.5. The quantitative estimate of drug-likeness (QED) is 0.471. The molecule has 0 spiro atoms. The topological polar surface area (TPSA) is 112 Å². The number of allylic oxidation sites excluding steroid dienone is 4. The molecule has 0 aliphatic heterocycles. The van der Waals surface area contributed by atoms with Crippen molar-refractivity contribution in [3.05, 3.63) is 118 Å². The first kappa shape index (κ1) is 21.8. The molecule has 3 aromatic carbocycles. The van der Waals surface area contributed by atoms with E-state index in [0.29, 0.717) is 6.42 Å². The van der Waals surface area contributed by atoms with Crippen molar-refractivity contribution in [3.8, 4) is 0 Å². The molecule has 0 fully saturated rings. The molecule has 1 unspecified atom stereocenters. The third kappa shape index (κ3) is 4.75. The van der Waals surface area contributed by atoms with E-state index < -0.39 is 17.9 Å². The molecule has 3 aromatic rings. The Labute approximate surface area is 189 Å². The Morgan fingerprint density at radius 3 is 1.48 bits per heavy atom. The molecular formula is C27H20O6. The second-order valence-corrected chi connectivity index (χ2v) is 7.79. The van der Waals surface area contributed by atoms with Gasteiger partial charge in [0.2, 0.25) is 0 Å². The van der Waals surface area contributed by atoms with E-state index in [1.165, 1.54) is 0 Å². The molecule has 6 heteroatoms. The zero-order valence-electron chi connectivity index (χ0n) is 17.4. The smallest absolute Gasteiger partial charge is 0.335 e. The fourth-order valence-corrected chi connectivity index (χ4v) is 3.91. The number of aromatic carboxylic acids is 3. The van der Waals surface area contributed by atoms with Crippen molar-refractivity contribution < 1.29 is 29.7 Å². The van der Waals surface area contributed by atoms with Crippen LogP contribution in [0.1, 0.15) is 60.1 Å². The van der Waals surface area contributed by atoms with E-state index in [1.54, 1.807) is 72.8 Å². The molecule has 1 aliphatic rings. The van der Waals surface area contributed by atoms with Crippen LogP contribution < -0.4 is 0 Å². The summed E-state index contributed by atoms with van der Waals surface area (Å²) in [6.07, 6.45) is 4.75. The number of hydrogen-bond donors (Lipinski definition) is 3. The maximum absolute atomic E-state index is 11.2. The average molecular weight is 440 g/mol. The third-order valence-corrected chi connectivity index (χ3v) is 5.70. The van der Waals surface area contributed by atoms with Crippen LogP contribution >= 0.6 is 0 Å². The highest BCUT2D eigenvalue weighted by Gasteiger charge is 2.20. The molecule has 1 aliphatic carbocycles. The lowest BCUT2D eigenvalue weighted by atomic mass is 9.81. The van der Waals surface area contributed by atoms with E-state index in [-0.39, 0.29) is 22.6 Å². The van der Waals surface area contributed by atoms with E-state index >= 15 is 0 Å². The van der Waals surface area contributed by atoms with Gasteiger partial charge >= 0.3 is 17.9 Å². The monoisotopic (exact) mass is 440 g/mol. The van der Waals surface area contributed by atoms with Gasteiger partial charge < -0.3 is 15.3 Å². The van der Waals surface area contributed by atoms with Crippen LogP contribution in [0.15, 0.2) is 84.9 Å². The zero-order chi connectivity index (χ0) is 23.5. The molecule has 33 heavy (non-hydrogen) atoms. The van der Waals surface area contributed by atoms with Crippen LogP contribution in [0, 0.1) is 0 Å². The van der Waals surface area contributed by atoms with Crippen LogP contribution in [-0.4, -0.2) is 33.2 Å². The minimum atomic E-state index is -0.995. The molecule has 4 rings (SSSR count). The van der Waals surface area contributed by atoms with Gasteiger partial charge in [0, 0.05) is 5.92 Å². The number of benzene rings is 3. The van der Waals surface area contributed by atoms with Gasteiger partial charge in [-0.2, -0.15) is 0 Å². The molecular weight excluding hydrogens is 420 g/mol.